The van der Waals surface area contributed by atoms with E-state index in [1.807, 2.05) is 18.2 Å². The van der Waals surface area contributed by atoms with Gasteiger partial charge in [0.15, 0.2) is 0 Å². The largest absolute Gasteiger partial charge is 0.369 e. The Morgan fingerprint density at radius 2 is 2.40 bits per heavy atom. The van der Waals surface area contributed by atoms with Gasteiger partial charge in [-0.15, -0.1) is 0 Å². The van der Waals surface area contributed by atoms with Gasteiger partial charge in [-0.1, -0.05) is 6.07 Å². The van der Waals surface area contributed by atoms with E-state index in [1.165, 1.54) is 0 Å². The molecule has 1 aliphatic rings. The Labute approximate surface area is 88.9 Å². The van der Waals surface area contributed by atoms with Crippen molar-refractivity contribution in [3.63, 3.8) is 0 Å². The summed E-state index contributed by atoms with van der Waals surface area (Å²) in [6.07, 6.45) is 3.44. The fourth-order valence-corrected chi connectivity index (χ4v) is 2.11. The lowest BCUT2D eigenvalue weighted by Gasteiger charge is -2.34. The van der Waals surface area contributed by atoms with Crippen molar-refractivity contribution in [2.45, 2.75) is 18.3 Å². The molecule has 0 saturated carbocycles. The van der Waals surface area contributed by atoms with Gasteiger partial charge in [-0.25, -0.2) is 0 Å². The number of pyridine rings is 1. The number of rotatable bonds is 2. The average Bonchev–Trinajstić information content (AvgIpc) is 2.31. The molecule has 0 spiro atoms. The normalized spacial score (nSPS) is 26.1. The van der Waals surface area contributed by atoms with Crippen LogP contribution in [0.3, 0.4) is 0 Å². The van der Waals surface area contributed by atoms with Crippen LogP contribution in [0.15, 0.2) is 24.4 Å². The molecule has 3 N–H and O–H groups in total. The first-order valence-corrected chi connectivity index (χ1v) is 5.18. The Morgan fingerprint density at radius 1 is 1.53 bits per heavy atom. The summed E-state index contributed by atoms with van der Waals surface area (Å²) in [6, 6.07) is 5.60. The predicted molar refractivity (Wildman–Crippen MR) is 57.2 cm³/mol. The third-order valence-corrected chi connectivity index (χ3v) is 3.01. The Hall–Kier alpha value is -1.42. The Kier molecular flexibility index (Phi) is 2.68. The van der Waals surface area contributed by atoms with Crippen molar-refractivity contribution in [3.05, 3.63) is 30.1 Å². The smallest absolute Gasteiger partial charge is 0.230 e. The van der Waals surface area contributed by atoms with Crippen molar-refractivity contribution in [1.29, 1.82) is 0 Å². The van der Waals surface area contributed by atoms with Gasteiger partial charge in [0.25, 0.3) is 0 Å². The van der Waals surface area contributed by atoms with Crippen molar-refractivity contribution in [2.75, 3.05) is 13.1 Å². The summed E-state index contributed by atoms with van der Waals surface area (Å²) in [5, 5.41) is 3.21. The number of hydrogen-bond acceptors (Lipinski definition) is 3. The molecule has 1 atom stereocenters. The molecule has 1 amide bonds. The van der Waals surface area contributed by atoms with Crippen molar-refractivity contribution >= 4 is 5.91 Å². The van der Waals surface area contributed by atoms with Gasteiger partial charge in [0, 0.05) is 12.7 Å². The van der Waals surface area contributed by atoms with E-state index < -0.39 is 5.41 Å². The molecule has 0 bridgehead atoms. The third kappa shape index (κ3) is 1.72. The van der Waals surface area contributed by atoms with Gasteiger partial charge < -0.3 is 11.1 Å². The highest BCUT2D eigenvalue weighted by atomic mass is 16.1. The summed E-state index contributed by atoms with van der Waals surface area (Å²) in [5.74, 6) is -0.284. The second-order valence-corrected chi connectivity index (χ2v) is 3.94. The van der Waals surface area contributed by atoms with Crippen molar-refractivity contribution in [2.24, 2.45) is 5.73 Å². The number of aromatic nitrogens is 1. The minimum Gasteiger partial charge on any atom is -0.369 e. The Balaban J connectivity index is 2.38. The fraction of sp³-hybridized carbons (Fsp3) is 0.455. The molecule has 0 radical (unpaired) electrons. The molecule has 80 valence electrons. The average molecular weight is 205 g/mol. The van der Waals surface area contributed by atoms with Gasteiger partial charge in [-0.05, 0) is 31.5 Å². The van der Waals surface area contributed by atoms with Crippen LogP contribution in [0.1, 0.15) is 18.5 Å². The molecule has 1 aromatic heterocycles. The first-order valence-electron chi connectivity index (χ1n) is 5.18. The lowest BCUT2D eigenvalue weighted by molar-refractivity contribution is -0.124. The minimum atomic E-state index is -0.612. The van der Waals surface area contributed by atoms with E-state index in [-0.39, 0.29) is 5.91 Å². The maximum Gasteiger partial charge on any atom is 0.230 e. The third-order valence-electron chi connectivity index (χ3n) is 3.01. The molecule has 4 heteroatoms. The van der Waals surface area contributed by atoms with Crippen molar-refractivity contribution in [3.8, 4) is 0 Å². The second kappa shape index (κ2) is 3.98. The van der Waals surface area contributed by atoms with Gasteiger partial charge in [0.1, 0.15) is 5.41 Å². The maximum atomic E-state index is 11.6. The van der Waals surface area contributed by atoms with E-state index in [4.69, 9.17) is 5.73 Å². The SMILES string of the molecule is NC(=O)[C@]1(c2ccccn2)CCCNC1. The van der Waals surface area contributed by atoms with Crippen LogP contribution in [0.5, 0.6) is 0 Å². The zero-order valence-electron chi connectivity index (χ0n) is 8.57. The van der Waals surface area contributed by atoms with Gasteiger partial charge in [0.2, 0.25) is 5.91 Å². The molecule has 1 aliphatic heterocycles. The lowest BCUT2D eigenvalue weighted by Crippen LogP contribution is -2.52. The molecule has 2 rings (SSSR count). The molecule has 2 heterocycles. The molecule has 4 nitrogen and oxygen atoms in total. The standard InChI is InChI=1S/C11H15N3O/c12-10(15)11(5-3-6-13-8-11)9-4-1-2-7-14-9/h1-2,4,7,13H,3,5-6,8H2,(H2,12,15)/t11-/m1/s1. The highest BCUT2D eigenvalue weighted by molar-refractivity contribution is 5.86. The molecule has 0 aromatic carbocycles. The molecular weight excluding hydrogens is 190 g/mol. The Morgan fingerprint density at radius 3 is 2.93 bits per heavy atom. The van der Waals surface area contributed by atoms with E-state index in [1.54, 1.807) is 6.20 Å². The molecule has 1 saturated heterocycles. The lowest BCUT2D eigenvalue weighted by atomic mass is 9.77. The first-order chi connectivity index (χ1) is 7.26. The quantitative estimate of drug-likeness (QED) is 0.724. The number of nitrogens with one attached hydrogen (secondary N) is 1. The number of primary amides is 1. The molecule has 15 heavy (non-hydrogen) atoms. The van der Waals surface area contributed by atoms with Crippen molar-refractivity contribution < 1.29 is 4.79 Å². The van der Waals surface area contributed by atoms with Crippen LogP contribution in [0, 0.1) is 0 Å². The molecule has 0 aliphatic carbocycles. The number of hydrogen-bond donors (Lipinski definition) is 2. The van der Waals surface area contributed by atoms with Crippen molar-refractivity contribution in [1.82, 2.24) is 10.3 Å². The van der Waals surface area contributed by atoms with Crippen LogP contribution in [-0.2, 0) is 10.2 Å². The number of nitrogens with zero attached hydrogens (tertiary/aromatic N) is 1. The second-order valence-electron chi connectivity index (χ2n) is 3.94. The van der Waals surface area contributed by atoms with Crippen LogP contribution in [0.2, 0.25) is 0 Å². The molecule has 1 aromatic rings. The molecule has 0 unspecified atom stereocenters. The summed E-state index contributed by atoms with van der Waals surface area (Å²) in [6.45, 7) is 1.54. The minimum absolute atomic E-state index is 0.284. The van der Waals surface area contributed by atoms with Gasteiger partial charge in [-0.2, -0.15) is 0 Å². The summed E-state index contributed by atoms with van der Waals surface area (Å²) < 4.78 is 0. The van der Waals surface area contributed by atoms with E-state index in [0.29, 0.717) is 6.54 Å². The first kappa shape index (κ1) is 10.1. The summed E-state index contributed by atoms with van der Waals surface area (Å²) >= 11 is 0. The van der Waals surface area contributed by atoms with Crippen LogP contribution in [0.25, 0.3) is 0 Å². The van der Waals surface area contributed by atoms with Gasteiger partial charge in [-0.3, -0.25) is 9.78 Å². The molecular formula is C11H15N3O. The monoisotopic (exact) mass is 205 g/mol. The summed E-state index contributed by atoms with van der Waals surface area (Å²) in [5.41, 5.74) is 5.69. The highest BCUT2D eigenvalue weighted by Crippen LogP contribution is 2.29. The van der Waals surface area contributed by atoms with E-state index in [9.17, 15) is 4.79 Å². The zero-order valence-corrected chi connectivity index (χ0v) is 8.57. The maximum absolute atomic E-state index is 11.6. The number of piperidine rings is 1. The Bertz CT molecular complexity index is 344. The topological polar surface area (TPSA) is 68.0 Å². The van der Waals surface area contributed by atoms with E-state index >= 15 is 0 Å². The van der Waals surface area contributed by atoms with Crippen LogP contribution in [-0.4, -0.2) is 24.0 Å². The number of amides is 1. The number of carbonyl (C=O) groups excluding carboxylic acids is 1. The van der Waals surface area contributed by atoms with Crippen LogP contribution >= 0.6 is 0 Å². The number of nitrogens with two attached hydrogens (primary N) is 1. The van der Waals surface area contributed by atoms with Crippen LogP contribution < -0.4 is 11.1 Å². The van der Waals surface area contributed by atoms with Crippen LogP contribution in [0.4, 0.5) is 0 Å². The molecule has 1 fully saturated rings. The van der Waals surface area contributed by atoms with E-state index in [0.717, 1.165) is 25.1 Å². The van der Waals surface area contributed by atoms with E-state index in [2.05, 4.69) is 10.3 Å². The summed E-state index contributed by atoms with van der Waals surface area (Å²) in [7, 11) is 0. The van der Waals surface area contributed by atoms with Gasteiger partial charge in [0.05, 0.1) is 5.69 Å². The van der Waals surface area contributed by atoms with Gasteiger partial charge >= 0.3 is 0 Å². The highest BCUT2D eigenvalue weighted by Gasteiger charge is 2.40. The zero-order chi connectivity index (χ0) is 10.7. The predicted octanol–water partition coefficient (Wildman–Crippen LogP) is 0.188. The summed E-state index contributed by atoms with van der Waals surface area (Å²) in [4.78, 5) is 15.9. The number of carbonyl (C=O) groups is 1. The fourth-order valence-electron chi connectivity index (χ4n) is 2.11.